The molecule has 1 aliphatic carbocycles. The second kappa shape index (κ2) is 9.16. The summed E-state index contributed by atoms with van der Waals surface area (Å²) in [4.78, 5) is 34.5. The number of halogens is 1. The number of amides is 2. The van der Waals surface area contributed by atoms with E-state index in [4.69, 9.17) is 18.0 Å². The molecule has 1 atom stereocenters. The molecule has 4 rings (SSSR count). The lowest BCUT2D eigenvalue weighted by Gasteiger charge is -2.41. The van der Waals surface area contributed by atoms with Crippen LogP contribution in [0.2, 0.25) is 5.02 Å². The molecule has 2 N–H and O–H groups in total. The van der Waals surface area contributed by atoms with Gasteiger partial charge in [0.15, 0.2) is 0 Å². The molecule has 2 aliphatic heterocycles. The van der Waals surface area contributed by atoms with Gasteiger partial charge in [-0.25, -0.2) is 9.78 Å². The largest absolute Gasteiger partial charge is 0.465 e. The van der Waals surface area contributed by atoms with Crippen molar-refractivity contribution >= 4 is 35.1 Å². The first-order valence-corrected chi connectivity index (χ1v) is 11.6. The number of rotatable bonds is 4. The number of nitrogens with zero attached hydrogens (tertiary/aromatic N) is 4. The van der Waals surface area contributed by atoms with E-state index in [9.17, 15) is 19.8 Å². The highest BCUT2D eigenvalue weighted by Crippen LogP contribution is 2.44. The number of carbonyl (C=O) groups excluding carboxylic acids is 1. The van der Waals surface area contributed by atoms with Crippen molar-refractivity contribution < 1.29 is 19.8 Å². The lowest BCUT2D eigenvalue weighted by Crippen LogP contribution is -2.50. The minimum atomic E-state index is -1.17. The fraction of sp³-hybridized carbons (Fsp3) is 0.609. The van der Waals surface area contributed by atoms with Gasteiger partial charge in [0.05, 0.1) is 35.0 Å². The number of piperidine rings is 1. The van der Waals surface area contributed by atoms with Gasteiger partial charge in [-0.1, -0.05) is 17.5 Å². The molecule has 1 aromatic rings. The maximum atomic E-state index is 13.5. The molecule has 3 aliphatic rings. The van der Waals surface area contributed by atoms with E-state index < -0.39 is 11.5 Å². The highest BCUT2D eigenvalue weighted by atomic mass is 35.5. The molecule has 1 aromatic heterocycles. The number of hydrogen-bond acceptors (Lipinski definition) is 5. The number of aromatic nitrogens is 1. The molecule has 9 heteroatoms. The number of aliphatic hydroxyl groups is 1. The number of hydrogen-bond donors (Lipinski definition) is 2. The van der Waals surface area contributed by atoms with Crippen molar-refractivity contribution in [2.45, 2.75) is 57.1 Å². The van der Waals surface area contributed by atoms with Gasteiger partial charge in [-0.3, -0.25) is 9.69 Å². The zero-order valence-corrected chi connectivity index (χ0v) is 18.8. The predicted octanol–water partition coefficient (Wildman–Crippen LogP) is 2.98. The van der Waals surface area contributed by atoms with E-state index >= 15 is 0 Å². The molecule has 172 valence electrons. The minimum absolute atomic E-state index is 0.0952. The van der Waals surface area contributed by atoms with E-state index in [1.165, 1.54) is 6.20 Å². The molecule has 3 heterocycles. The standard InChI is InChI=1S/C23H29ClN4O4/c1-2-10-28(22(31)32)17-13-19(24)20(25-14-17)26-11-3-8-23(15-26)9-12-27(21(23)30)16-4-6-18(29)7-5-16/h1,13-14,16,18,29H,3-12,15H2,(H,31,32)/t16-,18-,23-/m1/s1. The molecule has 3 fully saturated rings. The van der Waals surface area contributed by atoms with E-state index in [1.807, 2.05) is 9.80 Å². The highest BCUT2D eigenvalue weighted by molar-refractivity contribution is 6.33. The van der Waals surface area contributed by atoms with Crippen molar-refractivity contribution in [2.75, 3.05) is 36.0 Å². The van der Waals surface area contributed by atoms with Crippen molar-refractivity contribution in [1.29, 1.82) is 0 Å². The smallest absolute Gasteiger partial charge is 0.412 e. The van der Waals surface area contributed by atoms with Crippen LogP contribution in [0.25, 0.3) is 0 Å². The number of carbonyl (C=O) groups is 2. The summed E-state index contributed by atoms with van der Waals surface area (Å²) in [5.74, 6) is 3.10. The van der Waals surface area contributed by atoms with Crippen LogP contribution in [-0.2, 0) is 4.79 Å². The SMILES string of the molecule is C#CCN(C(=O)O)c1cnc(N2CCC[C@@]3(CCN([C@H]4CC[C@H](O)CC4)C3=O)C2)c(Cl)c1. The molecule has 2 saturated heterocycles. The molecule has 0 aromatic carbocycles. The zero-order chi connectivity index (χ0) is 22.9. The lowest BCUT2D eigenvalue weighted by atomic mass is 9.78. The average molecular weight is 461 g/mol. The van der Waals surface area contributed by atoms with Crippen LogP contribution in [0.3, 0.4) is 0 Å². The molecule has 1 spiro atoms. The van der Waals surface area contributed by atoms with Crippen LogP contribution < -0.4 is 9.80 Å². The van der Waals surface area contributed by atoms with E-state index in [2.05, 4.69) is 10.9 Å². The van der Waals surface area contributed by atoms with Crippen molar-refractivity contribution in [1.82, 2.24) is 9.88 Å². The van der Waals surface area contributed by atoms with Gasteiger partial charge in [0.2, 0.25) is 5.91 Å². The Labute approximate surface area is 193 Å². The summed E-state index contributed by atoms with van der Waals surface area (Å²) in [6, 6.07) is 1.78. The Morgan fingerprint density at radius 2 is 2.06 bits per heavy atom. The summed E-state index contributed by atoms with van der Waals surface area (Å²) >= 11 is 6.51. The molecule has 1 saturated carbocycles. The van der Waals surface area contributed by atoms with Crippen molar-refractivity contribution in [3.8, 4) is 12.3 Å². The first-order valence-electron chi connectivity index (χ1n) is 11.2. The van der Waals surface area contributed by atoms with Crippen molar-refractivity contribution in [3.63, 3.8) is 0 Å². The second-order valence-electron chi connectivity index (χ2n) is 9.09. The summed E-state index contributed by atoms with van der Waals surface area (Å²) < 4.78 is 0. The number of pyridine rings is 1. The van der Waals surface area contributed by atoms with Gasteiger partial charge in [-0.05, 0) is 51.0 Å². The highest BCUT2D eigenvalue weighted by Gasteiger charge is 2.51. The number of anilines is 2. The Morgan fingerprint density at radius 1 is 1.31 bits per heavy atom. The maximum absolute atomic E-state index is 13.5. The Bertz CT molecular complexity index is 927. The molecule has 8 nitrogen and oxygen atoms in total. The molecular weight excluding hydrogens is 432 g/mol. The van der Waals surface area contributed by atoms with E-state index in [0.29, 0.717) is 23.1 Å². The molecule has 0 radical (unpaired) electrons. The first-order chi connectivity index (χ1) is 15.3. The van der Waals surface area contributed by atoms with Crippen LogP contribution in [-0.4, -0.2) is 70.4 Å². The van der Waals surface area contributed by atoms with Gasteiger partial charge < -0.3 is 20.0 Å². The Kier molecular flexibility index (Phi) is 6.50. The average Bonchev–Trinajstić information content (AvgIpc) is 3.07. The van der Waals surface area contributed by atoms with Gasteiger partial charge in [-0.15, -0.1) is 6.42 Å². The van der Waals surface area contributed by atoms with Gasteiger partial charge >= 0.3 is 6.09 Å². The second-order valence-corrected chi connectivity index (χ2v) is 9.50. The van der Waals surface area contributed by atoms with E-state index in [1.54, 1.807) is 6.07 Å². The summed E-state index contributed by atoms with van der Waals surface area (Å²) in [7, 11) is 0. The molecular formula is C23H29ClN4O4. The number of carboxylic acid groups (broad SMARTS) is 1. The number of likely N-dealkylation sites (tertiary alicyclic amines) is 1. The van der Waals surface area contributed by atoms with E-state index in [-0.39, 0.29) is 24.6 Å². The monoisotopic (exact) mass is 460 g/mol. The van der Waals surface area contributed by atoms with Crippen molar-refractivity contribution in [3.05, 3.63) is 17.3 Å². The van der Waals surface area contributed by atoms with Gasteiger partial charge in [0.1, 0.15) is 5.82 Å². The Morgan fingerprint density at radius 3 is 2.72 bits per heavy atom. The van der Waals surface area contributed by atoms with Crippen LogP contribution in [0.1, 0.15) is 44.9 Å². The summed E-state index contributed by atoms with van der Waals surface area (Å²) in [6.07, 6.45) is 11.1. The molecule has 0 bridgehead atoms. The number of terminal acetylenes is 1. The van der Waals surface area contributed by atoms with E-state index in [0.717, 1.165) is 62.9 Å². The summed E-state index contributed by atoms with van der Waals surface area (Å²) in [5.41, 5.74) is -0.118. The van der Waals surface area contributed by atoms with Gasteiger partial charge in [-0.2, -0.15) is 0 Å². The summed E-state index contributed by atoms with van der Waals surface area (Å²) in [5, 5.41) is 19.5. The fourth-order valence-electron chi connectivity index (χ4n) is 5.42. The van der Waals surface area contributed by atoms with Gasteiger partial charge in [0.25, 0.3) is 0 Å². The molecule has 2 amide bonds. The third kappa shape index (κ3) is 4.24. The predicted molar refractivity (Wildman–Crippen MR) is 122 cm³/mol. The van der Waals surface area contributed by atoms with Crippen LogP contribution in [0.15, 0.2) is 12.3 Å². The maximum Gasteiger partial charge on any atom is 0.412 e. The summed E-state index contributed by atoms with van der Waals surface area (Å²) in [6.45, 7) is 1.95. The normalized spacial score (nSPS) is 28.1. The van der Waals surface area contributed by atoms with Gasteiger partial charge in [0, 0.05) is 25.7 Å². The lowest BCUT2D eigenvalue weighted by molar-refractivity contribution is -0.139. The minimum Gasteiger partial charge on any atom is -0.465 e. The first kappa shape index (κ1) is 22.7. The fourth-order valence-corrected chi connectivity index (χ4v) is 5.70. The van der Waals surface area contributed by atoms with Crippen LogP contribution in [0, 0.1) is 17.8 Å². The zero-order valence-electron chi connectivity index (χ0n) is 18.0. The quantitative estimate of drug-likeness (QED) is 0.670. The van der Waals surface area contributed by atoms with Crippen molar-refractivity contribution in [2.24, 2.45) is 5.41 Å². The van der Waals surface area contributed by atoms with Crippen LogP contribution >= 0.6 is 11.6 Å². The third-order valence-corrected chi connectivity index (χ3v) is 7.41. The molecule has 32 heavy (non-hydrogen) atoms. The molecule has 0 unspecified atom stereocenters. The Hall–Kier alpha value is -2.50. The topological polar surface area (TPSA) is 97.2 Å². The Balaban J connectivity index is 1.50. The van der Waals surface area contributed by atoms with Crippen LogP contribution in [0.5, 0.6) is 0 Å². The number of aliphatic hydroxyl groups excluding tert-OH is 1. The van der Waals surface area contributed by atoms with Crippen LogP contribution in [0.4, 0.5) is 16.3 Å². The third-order valence-electron chi connectivity index (χ3n) is 7.13.